The van der Waals surface area contributed by atoms with Crippen LogP contribution in [0.1, 0.15) is 57.4 Å². The van der Waals surface area contributed by atoms with Crippen LogP contribution in [0.25, 0.3) is 0 Å². The van der Waals surface area contributed by atoms with Crippen LogP contribution in [0, 0.1) is 0 Å². The van der Waals surface area contributed by atoms with Crippen molar-refractivity contribution in [3.8, 4) is 0 Å². The third-order valence-electron chi connectivity index (χ3n) is 6.65. The molecule has 0 aliphatic heterocycles. The Hall–Kier alpha value is -2.10. The summed E-state index contributed by atoms with van der Waals surface area (Å²) in [4.78, 5) is 28.1. The molecule has 0 heterocycles. The largest absolute Gasteiger partial charge is 0.352 e. The first-order chi connectivity index (χ1) is 17.5. The fourth-order valence-corrected chi connectivity index (χ4v) is 5.90. The Morgan fingerprint density at radius 3 is 2.27 bits per heavy atom. The van der Waals surface area contributed by atoms with Gasteiger partial charge in [-0.3, -0.25) is 13.9 Å². The Bertz CT molecular complexity index is 1150. The lowest BCUT2D eigenvalue weighted by molar-refractivity contribution is -0.141. The molecular weight excluding hydrogens is 578 g/mol. The van der Waals surface area contributed by atoms with Crippen molar-refractivity contribution in [1.29, 1.82) is 0 Å². The molecule has 1 fully saturated rings. The lowest BCUT2D eigenvalue weighted by Crippen LogP contribution is -2.50. The molecule has 37 heavy (non-hydrogen) atoms. The molecule has 7 nitrogen and oxygen atoms in total. The number of hydrogen-bond donors (Lipinski definition) is 1. The summed E-state index contributed by atoms with van der Waals surface area (Å²) in [6.07, 6.45) is 6.88. The number of hydrogen-bond acceptors (Lipinski definition) is 4. The number of carbonyl (C=O) groups is 2. The van der Waals surface area contributed by atoms with Crippen LogP contribution >= 0.6 is 27.5 Å². The number of amides is 2. The second-order valence-corrected chi connectivity index (χ2v) is 12.8. The van der Waals surface area contributed by atoms with Crippen LogP contribution in [0.2, 0.25) is 5.02 Å². The maximum Gasteiger partial charge on any atom is 0.242 e. The van der Waals surface area contributed by atoms with Crippen molar-refractivity contribution in [1.82, 2.24) is 10.2 Å². The Morgan fingerprint density at radius 2 is 1.68 bits per heavy atom. The van der Waals surface area contributed by atoms with Crippen LogP contribution in [0.15, 0.2) is 53.0 Å². The van der Waals surface area contributed by atoms with Gasteiger partial charge in [0.15, 0.2) is 0 Å². The van der Waals surface area contributed by atoms with Crippen LogP contribution in [0.5, 0.6) is 0 Å². The molecule has 1 N–H and O–H groups in total. The number of anilines is 1. The molecule has 1 saturated carbocycles. The SMILES string of the molecule is CC(C(=O)NC1CCCCC1)N(Cc1ccc(Br)cc1)C(=O)CCCN(c1ccc(Cl)cc1)S(C)(=O)=O. The van der Waals surface area contributed by atoms with Gasteiger partial charge in [0, 0.05) is 35.0 Å². The highest BCUT2D eigenvalue weighted by Crippen LogP contribution is 2.22. The second-order valence-electron chi connectivity index (χ2n) is 9.58. The number of sulfonamides is 1. The molecule has 202 valence electrons. The van der Waals surface area contributed by atoms with E-state index in [-0.39, 0.29) is 30.8 Å². The van der Waals surface area contributed by atoms with E-state index in [4.69, 9.17) is 11.6 Å². The molecule has 0 saturated heterocycles. The normalized spacial score (nSPS) is 15.1. The average Bonchev–Trinajstić information content (AvgIpc) is 2.86. The van der Waals surface area contributed by atoms with E-state index in [1.54, 1.807) is 36.1 Å². The Balaban J connectivity index is 1.70. The van der Waals surface area contributed by atoms with Crippen molar-refractivity contribution < 1.29 is 18.0 Å². The van der Waals surface area contributed by atoms with Crippen molar-refractivity contribution in [2.45, 2.75) is 70.5 Å². The number of benzene rings is 2. The molecule has 3 rings (SSSR count). The Labute approximate surface area is 233 Å². The molecule has 2 aromatic rings. The van der Waals surface area contributed by atoms with Crippen molar-refractivity contribution in [2.24, 2.45) is 0 Å². The summed E-state index contributed by atoms with van der Waals surface area (Å²) >= 11 is 9.38. The number of carbonyl (C=O) groups excluding carboxylic acids is 2. The topological polar surface area (TPSA) is 86.8 Å². The maximum absolute atomic E-state index is 13.4. The minimum Gasteiger partial charge on any atom is -0.352 e. The van der Waals surface area contributed by atoms with Crippen molar-refractivity contribution in [2.75, 3.05) is 17.1 Å². The first kappa shape index (κ1) is 29.5. The van der Waals surface area contributed by atoms with E-state index in [1.165, 1.54) is 10.7 Å². The summed E-state index contributed by atoms with van der Waals surface area (Å²) in [5.41, 5.74) is 1.40. The lowest BCUT2D eigenvalue weighted by Gasteiger charge is -2.31. The van der Waals surface area contributed by atoms with Gasteiger partial charge in [0.05, 0.1) is 11.9 Å². The quantitative estimate of drug-likeness (QED) is 0.362. The van der Waals surface area contributed by atoms with Crippen LogP contribution < -0.4 is 9.62 Å². The summed E-state index contributed by atoms with van der Waals surface area (Å²) in [5, 5.41) is 3.64. The highest BCUT2D eigenvalue weighted by atomic mass is 79.9. The fraction of sp³-hybridized carbons (Fsp3) is 0.481. The van der Waals surface area contributed by atoms with Gasteiger partial charge in [0.1, 0.15) is 6.04 Å². The number of nitrogens with zero attached hydrogens (tertiary/aromatic N) is 2. The third kappa shape index (κ3) is 9.00. The van der Waals surface area contributed by atoms with E-state index < -0.39 is 16.1 Å². The zero-order chi connectivity index (χ0) is 27.0. The fourth-order valence-electron chi connectivity index (χ4n) is 4.55. The van der Waals surface area contributed by atoms with Crippen molar-refractivity contribution in [3.63, 3.8) is 0 Å². The molecule has 0 bridgehead atoms. The number of halogens is 2. The maximum atomic E-state index is 13.4. The minimum atomic E-state index is -3.55. The van der Waals surface area contributed by atoms with Crippen molar-refractivity contribution >= 4 is 55.1 Å². The van der Waals surface area contributed by atoms with Gasteiger partial charge >= 0.3 is 0 Å². The van der Waals surface area contributed by atoms with Crippen LogP contribution in [0.4, 0.5) is 5.69 Å². The smallest absolute Gasteiger partial charge is 0.242 e. The molecule has 1 atom stereocenters. The van der Waals surface area contributed by atoms with Crippen LogP contribution in [0.3, 0.4) is 0 Å². The molecule has 0 spiro atoms. The summed E-state index contributed by atoms with van der Waals surface area (Å²) in [5.74, 6) is -0.352. The monoisotopic (exact) mass is 611 g/mol. The predicted molar refractivity (Wildman–Crippen MR) is 152 cm³/mol. The van der Waals surface area contributed by atoms with Gasteiger partial charge in [-0.1, -0.05) is 58.9 Å². The van der Waals surface area contributed by atoms with E-state index in [2.05, 4.69) is 21.2 Å². The van der Waals surface area contributed by atoms with E-state index in [0.717, 1.165) is 42.0 Å². The molecular formula is C27H35BrClN3O4S. The number of nitrogens with one attached hydrogen (secondary N) is 1. The first-order valence-electron chi connectivity index (χ1n) is 12.6. The van der Waals surface area contributed by atoms with Gasteiger partial charge in [-0.15, -0.1) is 0 Å². The molecule has 1 unspecified atom stereocenters. The molecule has 1 aliphatic rings. The number of rotatable bonds is 11. The van der Waals surface area contributed by atoms with E-state index in [9.17, 15) is 18.0 Å². The second kappa shape index (κ2) is 13.6. The zero-order valence-corrected chi connectivity index (χ0v) is 24.5. The lowest BCUT2D eigenvalue weighted by atomic mass is 9.95. The third-order valence-corrected chi connectivity index (χ3v) is 8.63. The summed E-state index contributed by atoms with van der Waals surface area (Å²) < 4.78 is 27.0. The van der Waals surface area contributed by atoms with Gasteiger partial charge in [0.2, 0.25) is 21.8 Å². The van der Waals surface area contributed by atoms with Gasteiger partial charge in [-0.25, -0.2) is 8.42 Å². The Morgan fingerprint density at radius 1 is 1.05 bits per heavy atom. The van der Waals surface area contributed by atoms with E-state index in [0.29, 0.717) is 23.7 Å². The molecule has 1 aliphatic carbocycles. The highest BCUT2D eigenvalue weighted by Gasteiger charge is 2.28. The van der Waals surface area contributed by atoms with Crippen LogP contribution in [-0.2, 0) is 26.2 Å². The van der Waals surface area contributed by atoms with E-state index >= 15 is 0 Å². The molecule has 10 heteroatoms. The molecule has 0 radical (unpaired) electrons. The summed E-state index contributed by atoms with van der Waals surface area (Å²) in [6, 6.07) is 13.7. The Kier molecular flexibility index (Phi) is 10.8. The molecule has 2 aromatic carbocycles. The van der Waals surface area contributed by atoms with Gasteiger partial charge in [-0.2, -0.15) is 0 Å². The molecule has 2 amide bonds. The standard InChI is InChI=1S/C27H35BrClN3O4S/c1-20(27(34)30-24-7-4-3-5-8-24)31(19-21-10-12-22(28)13-11-21)26(33)9-6-18-32(37(2,35)36)25-16-14-23(29)15-17-25/h10-17,20,24H,3-9,18-19H2,1-2H3,(H,30,34). The van der Waals surface area contributed by atoms with Crippen molar-refractivity contribution in [3.05, 3.63) is 63.6 Å². The summed E-state index contributed by atoms with van der Waals surface area (Å²) in [6.45, 7) is 2.19. The van der Waals surface area contributed by atoms with Gasteiger partial charge in [-0.05, 0) is 68.1 Å². The van der Waals surface area contributed by atoms with E-state index in [1.807, 2.05) is 24.3 Å². The highest BCUT2D eigenvalue weighted by molar-refractivity contribution is 9.10. The van der Waals surface area contributed by atoms with Gasteiger partial charge < -0.3 is 10.2 Å². The van der Waals surface area contributed by atoms with Crippen LogP contribution in [-0.4, -0.2) is 50.0 Å². The first-order valence-corrected chi connectivity index (χ1v) is 15.6. The summed E-state index contributed by atoms with van der Waals surface area (Å²) in [7, 11) is -3.55. The minimum absolute atomic E-state index is 0.108. The zero-order valence-electron chi connectivity index (χ0n) is 21.3. The van der Waals surface area contributed by atoms with Gasteiger partial charge in [0.25, 0.3) is 0 Å². The molecule has 0 aromatic heterocycles. The predicted octanol–water partition coefficient (Wildman–Crippen LogP) is 5.51. The average molecular weight is 613 g/mol.